The Balaban J connectivity index is 2.05. The van der Waals surface area contributed by atoms with Gasteiger partial charge in [-0.2, -0.15) is 0 Å². The number of aromatic nitrogens is 1. The van der Waals surface area contributed by atoms with Crippen LogP contribution in [0.2, 0.25) is 5.02 Å². The molecule has 17 heavy (non-hydrogen) atoms. The molecule has 3 heterocycles. The third-order valence-electron chi connectivity index (χ3n) is 3.28. The van der Waals surface area contributed by atoms with Gasteiger partial charge in [-0.3, -0.25) is 0 Å². The van der Waals surface area contributed by atoms with Gasteiger partial charge in [-0.05, 0) is 0 Å². The molecule has 3 N–H and O–H groups in total. The lowest BCUT2D eigenvalue weighted by molar-refractivity contribution is 0.303. The maximum Gasteiger partial charge on any atom is 0.173 e. The number of hydrogen-bond acceptors (Lipinski definition) is 5. The predicted molar refractivity (Wildman–Crippen MR) is 67.8 cm³/mol. The highest BCUT2D eigenvalue weighted by atomic mass is 35.5. The Morgan fingerprint density at radius 2 is 2.47 bits per heavy atom. The molecule has 6 heteroatoms. The van der Waals surface area contributed by atoms with Crippen molar-refractivity contribution in [2.24, 2.45) is 0 Å². The molecule has 0 bridgehead atoms. The smallest absolute Gasteiger partial charge is 0.173 e. The lowest BCUT2D eigenvalue weighted by atomic mass is 10.1. The van der Waals surface area contributed by atoms with Crippen LogP contribution < -0.4 is 20.7 Å². The summed E-state index contributed by atoms with van der Waals surface area (Å²) in [6, 6.07) is 2.20. The normalized spacial score (nSPS) is 23.4. The highest BCUT2D eigenvalue weighted by molar-refractivity contribution is 6.33. The van der Waals surface area contributed by atoms with Gasteiger partial charge in [0.1, 0.15) is 5.82 Å². The first kappa shape index (κ1) is 10.9. The molecular formula is C11H15ClN4O. The van der Waals surface area contributed by atoms with Crippen LogP contribution in [0, 0.1) is 0 Å². The van der Waals surface area contributed by atoms with Crippen LogP contribution in [0.5, 0.6) is 5.75 Å². The third kappa shape index (κ3) is 1.89. The van der Waals surface area contributed by atoms with Crippen molar-refractivity contribution in [2.45, 2.75) is 12.5 Å². The highest BCUT2D eigenvalue weighted by Gasteiger charge is 2.29. The van der Waals surface area contributed by atoms with Gasteiger partial charge in [0.05, 0.1) is 11.6 Å². The Morgan fingerprint density at radius 1 is 1.59 bits per heavy atom. The number of anilines is 2. The first-order valence-corrected chi connectivity index (χ1v) is 6.19. The van der Waals surface area contributed by atoms with Crippen LogP contribution in [0.15, 0.2) is 6.07 Å². The molecule has 0 spiro atoms. The summed E-state index contributed by atoms with van der Waals surface area (Å²) >= 11 is 5.98. The molecule has 0 aromatic carbocycles. The van der Waals surface area contributed by atoms with Gasteiger partial charge in [-0.25, -0.2) is 4.98 Å². The van der Waals surface area contributed by atoms with Gasteiger partial charge in [0, 0.05) is 38.2 Å². The number of nitrogens with two attached hydrogens (primary N) is 1. The number of piperazine rings is 1. The van der Waals surface area contributed by atoms with Gasteiger partial charge >= 0.3 is 0 Å². The van der Waals surface area contributed by atoms with E-state index in [1.807, 2.05) is 0 Å². The first-order valence-electron chi connectivity index (χ1n) is 5.82. The van der Waals surface area contributed by atoms with Gasteiger partial charge in [-0.1, -0.05) is 11.6 Å². The SMILES string of the molecule is Nc1nc2c(cc1Cl)OCC[C@@H]1CNCCN21. The van der Waals surface area contributed by atoms with E-state index < -0.39 is 0 Å². The second-order valence-electron chi connectivity index (χ2n) is 4.37. The fourth-order valence-corrected chi connectivity index (χ4v) is 2.53. The predicted octanol–water partition coefficient (Wildman–Crippen LogP) is 0.878. The molecule has 1 aromatic rings. The molecule has 1 aromatic heterocycles. The molecule has 2 aliphatic heterocycles. The van der Waals surface area contributed by atoms with Crippen LogP contribution in [0.1, 0.15) is 6.42 Å². The number of rotatable bonds is 0. The number of ether oxygens (including phenoxy) is 1. The molecule has 0 aliphatic carbocycles. The number of nitrogens with zero attached hydrogens (tertiary/aromatic N) is 2. The van der Waals surface area contributed by atoms with E-state index in [1.54, 1.807) is 6.07 Å². The quantitative estimate of drug-likeness (QED) is 0.720. The van der Waals surface area contributed by atoms with Crippen LogP contribution >= 0.6 is 11.6 Å². The number of pyridine rings is 1. The van der Waals surface area contributed by atoms with Gasteiger partial charge in [0.2, 0.25) is 0 Å². The Labute approximate surface area is 105 Å². The number of nitrogen functional groups attached to an aromatic ring is 1. The molecule has 0 saturated carbocycles. The minimum Gasteiger partial charge on any atom is -0.490 e. The summed E-state index contributed by atoms with van der Waals surface area (Å²) in [5.41, 5.74) is 5.78. The first-order chi connectivity index (χ1) is 8.25. The molecule has 0 radical (unpaired) electrons. The molecular weight excluding hydrogens is 240 g/mol. The van der Waals surface area contributed by atoms with Crippen LogP contribution in [-0.4, -0.2) is 37.3 Å². The van der Waals surface area contributed by atoms with E-state index in [2.05, 4.69) is 15.2 Å². The van der Waals surface area contributed by atoms with Gasteiger partial charge in [-0.15, -0.1) is 0 Å². The van der Waals surface area contributed by atoms with Crippen molar-refractivity contribution in [1.82, 2.24) is 10.3 Å². The van der Waals surface area contributed by atoms with E-state index in [-0.39, 0.29) is 0 Å². The number of nitrogens with one attached hydrogen (secondary N) is 1. The van der Waals surface area contributed by atoms with Crippen LogP contribution in [0.3, 0.4) is 0 Å². The standard InChI is InChI=1S/C11H15ClN4O/c12-8-5-9-11(15-10(8)13)16-3-2-14-6-7(16)1-4-17-9/h5,7,14H,1-4,6H2,(H2,13,15)/t7-/m1/s1. The largest absolute Gasteiger partial charge is 0.490 e. The molecule has 1 atom stereocenters. The maximum atomic E-state index is 5.98. The van der Waals surface area contributed by atoms with Crippen molar-refractivity contribution in [3.05, 3.63) is 11.1 Å². The molecule has 3 rings (SSSR count). The zero-order valence-electron chi connectivity index (χ0n) is 9.45. The van der Waals surface area contributed by atoms with Gasteiger partial charge in [0.25, 0.3) is 0 Å². The van der Waals surface area contributed by atoms with Crippen molar-refractivity contribution < 1.29 is 4.74 Å². The van der Waals surface area contributed by atoms with E-state index in [9.17, 15) is 0 Å². The minimum absolute atomic E-state index is 0.369. The third-order valence-corrected chi connectivity index (χ3v) is 3.58. The Kier molecular flexibility index (Phi) is 2.72. The lowest BCUT2D eigenvalue weighted by Gasteiger charge is -2.35. The topological polar surface area (TPSA) is 63.4 Å². The fourth-order valence-electron chi connectivity index (χ4n) is 2.39. The van der Waals surface area contributed by atoms with Crippen molar-refractivity contribution in [2.75, 3.05) is 36.9 Å². The van der Waals surface area contributed by atoms with Crippen molar-refractivity contribution in [3.8, 4) is 5.75 Å². The minimum atomic E-state index is 0.369. The highest BCUT2D eigenvalue weighted by Crippen LogP contribution is 2.36. The second-order valence-corrected chi connectivity index (χ2v) is 4.77. The Bertz CT molecular complexity index is 440. The summed E-state index contributed by atoms with van der Waals surface area (Å²) in [4.78, 5) is 6.65. The molecule has 92 valence electrons. The summed E-state index contributed by atoms with van der Waals surface area (Å²) < 4.78 is 5.70. The molecule has 2 aliphatic rings. The monoisotopic (exact) mass is 254 g/mol. The second kappa shape index (κ2) is 4.23. The van der Waals surface area contributed by atoms with E-state index >= 15 is 0 Å². The van der Waals surface area contributed by atoms with Crippen molar-refractivity contribution >= 4 is 23.2 Å². The molecule has 0 unspecified atom stereocenters. The van der Waals surface area contributed by atoms with Gasteiger partial charge < -0.3 is 20.7 Å². The average molecular weight is 255 g/mol. The van der Waals surface area contributed by atoms with Crippen molar-refractivity contribution in [3.63, 3.8) is 0 Å². The molecule has 1 fully saturated rings. The molecule has 1 saturated heterocycles. The van der Waals surface area contributed by atoms with E-state index in [1.165, 1.54) is 0 Å². The summed E-state index contributed by atoms with van der Waals surface area (Å²) in [6.07, 6.45) is 0.987. The van der Waals surface area contributed by atoms with E-state index in [0.717, 1.165) is 37.6 Å². The van der Waals surface area contributed by atoms with E-state index in [0.29, 0.717) is 23.5 Å². The summed E-state index contributed by atoms with van der Waals surface area (Å²) in [5.74, 6) is 1.94. The Morgan fingerprint density at radius 3 is 3.35 bits per heavy atom. The van der Waals surface area contributed by atoms with Crippen molar-refractivity contribution in [1.29, 1.82) is 0 Å². The van der Waals surface area contributed by atoms with Crippen LogP contribution in [0.25, 0.3) is 0 Å². The Hall–Kier alpha value is -1.20. The number of hydrogen-bond donors (Lipinski definition) is 2. The number of halogens is 1. The summed E-state index contributed by atoms with van der Waals surface area (Å²) in [6.45, 7) is 3.54. The van der Waals surface area contributed by atoms with Gasteiger partial charge in [0.15, 0.2) is 11.6 Å². The summed E-state index contributed by atoms with van der Waals surface area (Å²) in [7, 11) is 0. The number of fused-ring (bicyclic) bond motifs is 3. The fraction of sp³-hybridized carbons (Fsp3) is 0.545. The van der Waals surface area contributed by atoms with Crippen LogP contribution in [0.4, 0.5) is 11.6 Å². The van der Waals surface area contributed by atoms with Crippen LogP contribution in [-0.2, 0) is 0 Å². The lowest BCUT2D eigenvalue weighted by Crippen LogP contribution is -2.51. The maximum absolute atomic E-state index is 5.98. The molecule has 5 nitrogen and oxygen atoms in total. The average Bonchev–Trinajstić information content (AvgIpc) is 2.50. The zero-order chi connectivity index (χ0) is 11.8. The van der Waals surface area contributed by atoms with E-state index in [4.69, 9.17) is 22.1 Å². The zero-order valence-corrected chi connectivity index (χ0v) is 10.2. The summed E-state index contributed by atoms with van der Waals surface area (Å²) in [5, 5.41) is 3.84. The molecule has 0 amide bonds.